The van der Waals surface area contributed by atoms with Crippen LogP contribution < -0.4 is 5.73 Å². The Morgan fingerprint density at radius 1 is 1.17 bits per heavy atom. The van der Waals surface area contributed by atoms with E-state index in [1.165, 1.54) is 12.8 Å². The minimum absolute atomic E-state index is 0.604. The molecular formula is C13H13BrN4. The standard InChI is InChI=1S/C13H13BrN4/c14-9-5-3-7-16-11(9)13-17-10-6-2-1-4-8(10)12(15)18-13/h3,5,7H,1-2,4,6H2,(H2,15,17,18). The van der Waals surface area contributed by atoms with Gasteiger partial charge in [0, 0.05) is 21.9 Å². The van der Waals surface area contributed by atoms with E-state index in [0.717, 1.165) is 34.3 Å². The van der Waals surface area contributed by atoms with E-state index in [1.54, 1.807) is 6.20 Å². The van der Waals surface area contributed by atoms with Gasteiger partial charge in [0.05, 0.1) is 0 Å². The average molecular weight is 305 g/mol. The van der Waals surface area contributed by atoms with Gasteiger partial charge >= 0.3 is 0 Å². The summed E-state index contributed by atoms with van der Waals surface area (Å²) in [5.41, 5.74) is 8.99. The molecule has 0 amide bonds. The van der Waals surface area contributed by atoms with E-state index in [4.69, 9.17) is 5.73 Å². The molecule has 0 saturated carbocycles. The molecule has 0 spiro atoms. The molecule has 0 aromatic carbocycles. The predicted molar refractivity (Wildman–Crippen MR) is 74.0 cm³/mol. The quantitative estimate of drug-likeness (QED) is 0.880. The minimum Gasteiger partial charge on any atom is -0.383 e. The second-order valence-corrected chi connectivity index (χ2v) is 5.25. The highest BCUT2D eigenvalue weighted by Crippen LogP contribution is 2.28. The first-order valence-electron chi connectivity index (χ1n) is 6.02. The van der Waals surface area contributed by atoms with Crippen molar-refractivity contribution in [2.75, 3.05) is 5.73 Å². The van der Waals surface area contributed by atoms with E-state index in [1.807, 2.05) is 12.1 Å². The summed E-state index contributed by atoms with van der Waals surface area (Å²) < 4.78 is 0.889. The number of nitrogens with two attached hydrogens (primary N) is 1. The molecule has 4 nitrogen and oxygen atoms in total. The third-order valence-corrected chi connectivity index (χ3v) is 3.83. The van der Waals surface area contributed by atoms with Gasteiger partial charge in [-0.15, -0.1) is 0 Å². The van der Waals surface area contributed by atoms with E-state index >= 15 is 0 Å². The highest BCUT2D eigenvalue weighted by molar-refractivity contribution is 9.10. The van der Waals surface area contributed by atoms with Crippen LogP contribution in [0.4, 0.5) is 5.82 Å². The maximum atomic E-state index is 6.04. The van der Waals surface area contributed by atoms with E-state index in [-0.39, 0.29) is 0 Å². The number of pyridine rings is 1. The van der Waals surface area contributed by atoms with Gasteiger partial charge in [-0.3, -0.25) is 4.98 Å². The van der Waals surface area contributed by atoms with Crippen molar-refractivity contribution in [3.63, 3.8) is 0 Å². The lowest BCUT2D eigenvalue weighted by molar-refractivity contribution is 0.665. The summed E-state index contributed by atoms with van der Waals surface area (Å²) in [6.45, 7) is 0. The first-order valence-corrected chi connectivity index (χ1v) is 6.81. The molecule has 0 aliphatic heterocycles. The molecule has 2 aromatic heterocycles. The summed E-state index contributed by atoms with van der Waals surface area (Å²) in [5.74, 6) is 1.22. The highest BCUT2D eigenvalue weighted by atomic mass is 79.9. The Morgan fingerprint density at radius 3 is 2.83 bits per heavy atom. The van der Waals surface area contributed by atoms with Crippen LogP contribution in [0.5, 0.6) is 0 Å². The number of nitrogen functional groups attached to an aromatic ring is 1. The Morgan fingerprint density at radius 2 is 2.00 bits per heavy atom. The fraction of sp³-hybridized carbons (Fsp3) is 0.308. The van der Waals surface area contributed by atoms with E-state index < -0.39 is 0 Å². The van der Waals surface area contributed by atoms with Crippen molar-refractivity contribution in [2.45, 2.75) is 25.7 Å². The Hall–Kier alpha value is -1.49. The summed E-state index contributed by atoms with van der Waals surface area (Å²) in [6, 6.07) is 3.80. The van der Waals surface area contributed by atoms with Crippen LogP contribution in [0, 0.1) is 0 Å². The van der Waals surface area contributed by atoms with Crippen molar-refractivity contribution >= 4 is 21.7 Å². The zero-order valence-corrected chi connectivity index (χ0v) is 11.4. The highest BCUT2D eigenvalue weighted by Gasteiger charge is 2.18. The Kier molecular flexibility index (Phi) is 2.99. The molecule has 3 rings (SSSR count). The number of aromatic nitrogens is 3. The maximum absolute atomic E-state index is 6.04. The number of hydrogen-bond donors (Lipinski definition) is 1. The molecule has 92 valence electrons. The number of anilines is 1. The van der Waals surface area contributed by atoms with E-state index in [2.05, 4.69) is 30.9 Å². The number of nitrogens with zero attached hydrogens (tertiary/aromatic N) is 3. The topological polar surface area (TPSA) is 64.7 Å². The van der Waals surface area contributed by atoms with Gasteiger partial charge in [-0.2, -0.15) is 0 Å². The molecule has 2 heterocycles. The van der Waals surface area contributed by atoms with Crippen molar-refractivity contribution in [1.29, 1.82) is 0 Å². The fourth-order valence-corrected chi connectivity index (χ4v) is 2.71. The predicted octanol–water partition coefficient (Wildman–Crippen LogP) is 2.76. The van der Waals surface area contributed by atoms with Crippen molar-refractivity contribution in [1.82, 2.24) is 15.0 Å². The van der Waals surface area contributed by atoms with Crippen LogP contribution in [0.1, 0.15) is 24.1 Å². The zero-order chi connectivity index (χ0) is 12.5. The van der Waals surface area contributed by atoms with Gasteiger partial charge in [0.1, 0.15) is 11.5 Å². The largest absolute Gasteiger partial charge is 0.383 e. The second-order valence-electron chi connectivity index (χ2n) is 4.40. The lowest BCUT2D eigenvalue weighted by Gasteiger charge is -2.17. The van der Waals surface area contributed by atoms with Gasteiger partial charge in [0.25, 0.3) is 0 Å². The fourth-order valence-electron chi connectivity index (χ4n) is 2.28. The molecule has 0 atom stereocenters. The van der Waals surface area contributed by atoms with E-state index in [0.29, 0.717) is 11.6 Å². The SMILES string of the molecule is Nc1nc(-c2ncccc2Br)nc2c1CCCC2. The number of hydrogen-bond acceptors (Lipinski definition) is 4. The third-order valence-electron chi connectivity index (χ3n) is 3.19. The Balaban J connectivity index is 2.14. The molecule has 2 aromatic rings. The van der Waals surface area contributed by atoms with Gasteiger partial charge in [-0.05, 0) is 53.7 Å². The van der Waals surface area contributed by atoms with Gasteiger partial charge in [-0.25, -0.2) is 9.97 Å². The molecule has 0 unspecified atom stereocenters. The molecule has 0 bridgehead atoms. The molecule has 5 heteroatoms. The summed E-state index contributed by atoms with van der Waals surface area (Å²) >= 11 is 3.47. The van der Waals surface area contributed by atoms with Crippen LogP contribution in [0.25, 0.3) is 11.5 Å². The molecule has 1 aliphatic rings. The Bertz CT molecular complexity index is 598. The smallest absolute Gasteiger partial charge is 0.181 e. The number of aryl methyl sites for hydroxylation is 1. The van der Waals surface area contributed by atoms with Crippen molar-refractivity contribution in [3.8, 4) is 11.5 Å². The van der Waals surface area contributed by atoms with E-state index in [9.17, 15) is 0 Å². The van der Waals surface area contributed by atoms with Crippen LogP contribution in [0.3, 0.4) is 0 Å². The van der Waals surface area contributed by atoms with Crippen molar-refractivity contribution in [3.05, 3.63) is 34.1 Å². The molecule has 2 N–H and O–H groups in total. The zero-order valence-electron chi connectivity index (χ0n) is 9.86. The van der Waals surface area contributed by atoms with Crippen molar-refractivity contribution < 1.29 is 0 Å². The summed E-state index contributed by atoms with van der Waals surface area (Å²) in [5, 5.41) is 0. The Labute approximate surface area is 114 Å². The van der Waals surface area contributed by atoms with Gasteiger partial charge < -0.3 is 5.73 Å². The van der Waals surface area contributed by atoms with Gasteiger partial charge in [0.15, 0.2) is 5.82 Å². The third kappa shape index (κ3) is 1.99. The van der Waals surface area contributed by atoms with Crippen LogP contribution in [0.2, 0.25) is 0 Å². The molecule has 0 fully saturated rings. The molecule has 1 aliphatic carbocycles. The maximum Gasteiger partial charge on any atom is 0.181 e. The summed E-state index contributed by atoms with van der Waals surface area (Å²) in [7, 11) is 0. The lowest BCUT2D eigenvalue weighted by Crippen LogP contribution is -2.12. The van der Waals surface area contributed by atoms with Crippen LogP contribution in [-0.2, 0) is 12.8 Å². The van der Waals surface area contributed by atoms with Crippen LogP contribution in [0.15, 0.2) is 22.8 Å². The van der Waals surface area contributed by atoms with Gasteiger partial charge in [-0.1, -0.05) is 0 Å². The van der Waals surface area contributed by atoms with Crippen molar-refractivity contribution in [2.24, 2.45) is 0 Å². The normalized spacial score (nSPS) is 14.3. The average Bonchev–Trinajstić information content (AvgIpc) is 2.39. The number of fused-ring (bicyclic) bond motifs is 1. The van der Waals surface area contributed by atoms with Crippen LogP contribution in [-0.4, -0.2) is 15.0 Å². The summed E-state index contributed by atoms with van der Waals surface area (Å²) in [4.78, 5) is 13.3. The number of rotatable bonds is 1. The number of halogens is 1. The van der Waals surface area contributed by atoms with Gasteiger partial charge in [0.2, 0.25) is 0 Å². The minimum atomic E-state index is 0.604. The first-order chi connectivity index (χ1) is 8.75. The first kappa shape index (κ1) is 11.6. The molecule has 0 saturated heterocycles. The molecular weight excluding hydrogens is 292 g/mol. The lowest BCUT2D eigenvalue weighted by atomic mass is 9.96. The van der Waals surface area contributed by atoms with Crippen LogP contribution >= 0.6 is 15.9 Å². The summed E-state index contributed by atoms with van der Waals surface area (Å²) in [6.07, 6.45) is 6.06. The second kappa shape index (κ2) is 4.65. The monoisotopic (exact) mass is 304 g/mol. The molecule has 18 heavy (non-hydrogen) atoms. The molecule has 0 radical (unpaired) electrons.